The molecule has 0 spiro atoms. The number of hydrogen-bond donors (Lipinski definition) is 0. The number of rotatable bonds is 3. The number of fused-ring (bicyclic) bond motifs is 1. The molecule has 3 rings (SSSR count). The third kappa shape index (κ3) is 5.10. The number of pyridine rings is 1. The van der Waals surface area contributed by atoms with Crippen molar-refractivity contribution in [3.63, 3.8) is 0 Å². The molecule has 2 heterocycles. The van der Waals surface area contributed by atoms with Gasteiger partial charge in [0.1, 0.15) is 5.60 Å². The monoisotopic (exact) mass is 371 g/mol. The van der Waals surface area contributed by atoms with Crippen molar-refractivity contribution in [1.82, 2.24) is 14.8 Å². The van der Waals surface area contributed by atoms with Crippen molar-refractivity contribution in [2.24, 2.45) is 0 Å². The van der Waals surface area contributed by atoms with Gasteiger partial charge in [0.05, 0.1) is 7.11 Å². The fourth-order valence-electron chi connectivity index (χ4n) is 3.36. The number of carbonyl (C=O) groups excluding carboxylic acids is 1. The molecular formula is C21H29N3O3. The Labute approximate surface area is 161 Å². The second-order valence-corrected chi connectivity index (χ2v) is 7.97. The van der Waals surface area contributed by atoms with Crippen molar-refractivity contribution in [2.45, 2.75) is 39.3 Å². The fraction of sp³-hybridized carbons (Fsp3) is 0.524. The maximum Gasteiger partial charge on any atom is 0.410 e. The summed E-state index contributed by atoms with van der Waals surface area (Å²) in [6.45, 7) is 9.82. The van der Waals surface area contributed by atoms with Crippen LogP contribution in [0.1, 0.15) is 32.8 Å². The molecule has 27 heavy (non-hydrogen) atoms. The highest BCUT2D eigenvalue weighted by atomic mass is 16.6. The zero-order valence-corrected chi connectivity index (χ0v) is 16.7. The van der Waals surface area contributed by atoms with Crippen LogP contribution in [0.2, 0.25) is 0 Å². The minimum absolute atomic E-state index is 0.213. The van der Waals surface area contributed by atoms with Crippen molar-refractivity contribution < 1.29 is 14.3 Å². The van der Waals surface area contributed by atoms with Gasteiger partial charge in [0.15, 0.2) is 0 Å². The Morgan fingerprint density at radius 1 is 1.15 bits per heavy atom. The van der Waals surface area contributed by atoms with Crippen molar-refractivity contribution >= 4 is 16.9 Å². The van der Waals surface area contributed by atoms with E-state index in [-0.39, 0.29) is 6.09 Å². The average molecular weight is 371 g/mol. The van der Waals surface area contributed by atoms with Crippen LogP contribution in [-0.2, 0) is 11.3 Å². The number of benzene rings is 1. The first kappa shape index (κ1) is 19.4. The van der Waals surface area contributed by atoms with Crippen LogP contribution < -0.4 is 4.74 Å². The highest BCUT2D eigenvalue weighted by Gasteiger charge is 2.24. The molecule has 0 N–H and O–H groups in total. The summed E-state index contributed by atoms with van der Waals surface area (Å²) >= 11 is 0. The molecule has 1 aromatic heterocycles. The first-order valence-corrected chi connectivity index (χ1v) is 9.47. The van der Waals surface area contributed by atoms with Gasteiger partial charge < -0.3 is 14.4 Å². The Morgan fingerprint density at radius 3 is 2.70 bits per heavy atom. The average Bonchev–Trinajstić information content (AvgIpc) is 2.85. The van der Waals surface area contributed by atoms with E-state index in [2.05, 4.69) is 28.1 Å². The highest BCUT2D eigenvalue weighted by molar-refractivity contribution is 5.87. The van der Waals surface area contributed by atoms with Gasteiger partial charge >= 0.3 is 6.09 Å². The number of methoxy groups -OCH3 is 1. The van der Waals surface area contributed by atoms with E-state index in [9.17, 15) is 4.79 Å². The number of amides is 1. The molecule has 1 aromatic carbocycles. The van der Waals surface area contributed by atoms with Crippen molar-refractivity contribution in [3.8, 4) is 5.88 Å². The third-order valence-corrected chi connectivity index (χ3v) is 4.63. The topological polar surface area (TPSA) is 54.9 Å². The second kappa shape index (κ2) is 8.13. The standard InChI is InChI=1S/C21H29N3O3/c1-21(2,3)27-20(25)24-11-5-10-23(12-13-24)15-16-6-7-18-17(14-16)8-9-22-19(18)26-4/h6-9,14H,5,10-13,15H2,1-4H3. The number of hydrogen-bond acceptors (Lipinski definition) is 5. The Kier molecular flexibility index (Phi) is 5.85. The molecule has 0 saturated carbocycles. The van der Waals surface area contributed by atoms with Gasteiger partial charge in [0, 0.05) is 44.3 Å². The molecule has 2 aromatic rings. The molecule has 1 amide bonds. The molecule has 0 unspecified atom stereocenters. The number of ether oxygens (including phenoxy) is 2. The van der Waals surface area contributed by atoms with E-state index in [1.807, 2.05) is 31.7 Å². The van der Waals surface area contributed by atoms with E-state index in [1.54, 1.807) is 13.3 Å². The number of nitrogens with zero attached hydrogens (tertiary/aromatic N) is 3. The molecule has 146 valence electrons. The molecule has 1 fully saturated rings. The zero-order chi connectivity index (χ0) is 19.4. The summed E-state index contributed by atoms with van der Waals surface area (Å²) in [5, 5.41) is 2.15. The minimum Gasteiger partial charge on any atom is -0.481 e. The molecule has 0 bridgehead atoms. The van der Waals surface area contributed by atoms with Crippen molar-refractivity contribution in [1.29, 1.82) is 0 Å². The predicted molar refractivity (Wildman–Crippen MR) is 106 cm³/mol. The Hall–Kier alpha value is -2.34. The SMILES string of the molecule is COc1nccc2cc(CN3CCCN(C(=O)OC(C)(C)C)CC3)ccc12. The van der Waals surface area contributed by atoms with Gasteiger partial charge in [-0.15, -0.1) is 0 Å². The summed E-state index contributed by atoms with van der Waals surface area (Å²) in [6.07, 6.45) is 2.51. The summed E-state index contributed by atoms with van der Waals surface area (Å²) in [5.74, 6) is 0.654. The molecule has 1 saturated heterocycles. The smallest absolute Gasteiger partial charge is 0.410 e. The quantitative estimate of drug-likeness (QED) is 0.824. The van der Waals surface area contributed by atoms with Gasteiger partial charge in [-0.25, -0.2) is 9.78 Å². The molecule has 6 nitrogen and oxygen atoms in total. The highest BCUT2D eigenvalue weighted by Crippen LogP contribution is 2.24. The lowest BCUT2D eigenvalue weighted by molar-refractivity contribution is 0.0257. The van der Waals surface area contributed by atoms with Gasteiger partial charge in [0.25, 0.3) is 0 Å². The maximum atomic E-state index is 12.3. The van der Waals surface area contributed by atoms with Gasteiger partial charge in [0.2, 0.25) is 5.88 Å². The van der Waals surface area contributed by atoms with Crippen molar-refractivity contribution in [3.05, 3.63) is 36.0 Å². The van der Waals surface area contributed by atoms with E-state index in [4.69, 9.17) is 9.47 Å². The van der Waals surface area contributed by atoms with Crippen LogP contribution in [0.4, 0.5) is 4.79 Å². The van der Waals surface area contributed by atoms with Gasteiger partial charge in [-0.2, -0.15) is 0 Å². The summed E-state index contributed by atoms with van der Waals surface area (Å²) in [4.78, 5) is 20.8. The molecule has 0 atom stereocenters. The molecule has 1 aliphatic heterocycles. The fourth-order valence-corrected chi connectivity index (χ4v) is 3.36. The number of aromatic nitrogens is 1. The molecule has 0 radical (unpaired) electrons. The lowest BCUT2D eigenvalue weighted by atomic mass is 10.1. The lowest BCUT2D eigenvalue weighted by Crippen LogP contribution is -2.39. The van der Waals surface area contributed by atoms with E-state index in [0.717, 1.165) is 43.4 Å². The van der Waals surface area contributed by atoms with E-state index >= 15 is 0 Å². The Balaban J connectivity index is 1.63. The first-order valence-electron chi connectivity index (χ1n) is 9.47. The van der Waals surface area contributed by atoms with Crippen LogP contribution in [0, 0.1) is 0 Å². The maximum absolute atomic E-state index is 12.3. The Bertz CT molecular complexity index is 801. The van der Waals surface area contributed by atoms with Gasteiger partial charge in [-0.3, -0.25) is 4.90 Å². The number of carbonyl (C=O) groups is 1. The normalized spacial score (nSPS) is 16.2. The largest absolute Gasteiger partial charge is 0.481 e. The zero-order valence-electron chi connectivity index (χ0n) is 16.7. The molecule has 1 aliphatic rings. The lowest BCUT2D eigenvalue weighted by Gasteiger charge is -2.26. The van der Waals surface area contributed by atoms with Gasteiger partial charge in [-0.1, -0.05) is 6.07 Å². The molecule has 6 heteroatoms. The van der Waals surface area contributed by atoms with E-state index in [1.165, 1.54) is 5.56 Å². The summed E-state index contributed by atoms with van der Waals surface area (Å²) in [5.41, 5.74) is 0.797. The summed E-state index contributed by atoms with van der Waals surface area (Å²) < 4.78 is 10.8. The second-order valence-electron chi connectivity index (χ2n) is 7.97. The summed E-state index contributed by atoms with van der Waals surface area (Å²) in [7, 11) is 1.64. The first-order chi connectivity index (χ1) is 12.9. The van der Waals surface area contributed by atoms with Crippen LogP contribution in [0.3, 0.4) is 0 Å². The Morgan fingerprint density at radius 2 is 1.96 bits per heavy atom. The summed E-state index contributed by atoms with van der Waals surface area (Å²) in [6, 6.07) is 8.40. The molecule has 0 aliphatic carbocycles. The predicted octanol–water partition coefficient (Wildman–Crippen LogP) is 3.69. The van der Waals surface area contributed by atoms with Crippen LogP contribution in [0.15, 0.2) is 30.5 Å². The third-order valence-electron chi connectivity index (χ3n) is 4.63. The minimum atomic E-state index is -0.454. The van der Waals surface area contributed by atoms with Crippen LogP contribution >= 0.6 is 0 Å². The van der Waals surface area contributed by atoms with Crippen molar-refractivity contribution in [2.75, 3.05) is 33.3 Å². The van der Waals surface area contributed by atoms with E-state index in [0.29, 0.717) is 12.4 Å². The van der Waals surface area contributed by atoms with Crippen LogP contribution in [0.25, 0.3) is 10.8 Å². The van der Waals surface area contributed by atoms with Gasteiger partial charge in [-0.05, 0) is 56.3 Å². The van der Waals surface area contributed by atoms with Crippen LogP contribution in [0.5, 0.6) is 5.88 Å². The van der Waals surface area contributed by atoms with E-state index < -0.39 is 5.60 Å². The molecular weight excluding hydrogens is 342 g/mol. The van der Waals surface area contributed by atoms with Crippen LogP contribution in [-0.4, -0.2) is 59.8 Å².